The fourth-order valence-electron chi connectivity index (χ4n) is 3.67. The van der Waals surface area contributed by atoms with Crippen LogP contribution in [0.2, 0.25) is 0 Å². The van der Waals surface area contributed by atoms with E-state index in [9.17, 15) is 5.11 Å². The SMILES string of the molecule is Cn1cnc2ccc(-c3cn4ccnc4c(Nc4ccc(C(C)(C)CO)cc4)n3)cc21. The Bertz CT molecular complexity index is 1380. The molecule has 3 aromatic heterocycles. The monoisotopic (exact) mass is 412 g/mol. The minimum Gasteiger partial charge on any atom is -0.395 e. The number of nitrogens with zero attached hydrogens (tertiary/aromatic N) is 5. The van der Waals surface area contributed by atoms with Crippen LogP contribution in [0.5, 0.6) is 0 Å². The van der Waals surface area contributed by atoms with Gasteiger partial charge in [0, 0.05) is 42.3 Å². The van der Waals surface area contributed by atoms with Gasteiger partial charge in [0.15, 0.2) is 11.5 Å². The summed E-state index contributed by atoms with van der Waals surface area (Å²) in [7, 11) is 1.99. The molecule has 7 heteroatoms. The van der Waals surface area contributed by atoms with Gasteiger partial charge in [-0.05, 0) is 29.8 Å². The van der Waals surface area contributed by atoms with E-state index in [1.165, 1.54) is 0 Å². The fraction of sp³-hybridized carbons (Fsp3) is 0.208. The summed E-state index contributed by atoms with van der Waals surface area (Å²) in [5.74, 6) is 0.682. The molecule has 0 saturated carbocycles. The van der Waals surface area contributed by atoms with Crippen molar-refractivity contribution in [1.82, 2.24) is 23.9 Å². The first-order chi connectivity index (χ1) is 14.9. The lowest BCUT2D eigenvalue weighted by molar-refractivity contribution is 0.218. The number of aliphatic hydroxyl groups excluding tert-OH is 1. The van der Waals surface area contributed by atoms with E-state index < -0.39 is 0 Å². The fourth-order valence-corrected chi connectivity index (χ4v) is 3.67. The van der Waals surface area contributed by atoms with Crippen LogP contribution >= 0.6 is 0 Å². The lowest BCUT2D eigenvalue weighted by atomic mass is 9.85. The first-order valence-electron chi connectivity index (χ1n) is 10.2. The largest absolute Gasteiger partial charge is 0.395 e. The molecule has 2 aromatic carbocycles. The van der Waals surface area contributed by atoms with Crippen LogP contribution in [0, 0.1) is 0 Å². The van der Waals surface area contributed by atoms with Gasteiger partial charge in [0.1, 0.15) is 0 Å². The molecule has 2 N–H and O–H groups in total. The Kier molecular flexibility index (Phi) is 4.48. The zero-order valence-corrected chi connectivity index (χ0v) is 17.7. The Morgan fingerprint density at radius 3 is 2.65 bits per heavy atom. The van der Waals surface area contributed by atoms with E-state index in [0.717, 1.165) is 39.2 Å². The van der Waals surface area contributed by atoms with Crippen LogP contribution in [0.15, 0.2) is 67.4 Å². The molecule has 0 spiro atoms. The van der Waals surface area contributed by atoms with Gasteiger partial charge in [-0.15, -0.1) is 0 Å². The summed E-state index contributed by atoms with van der Waals surface area (Å²) in [6.07, 6.45) is 7.48. The Morgan fingerprint density at radius 1 is 1.06 bits per heavy atom. The molecule has 0 fully saturated rings. The minimum atomic E-state index is -0.280. The number of imidazole rings is 2. The number of rotatable bonds is 5. The second kappa shape index (κ2) is 7.21. The molecule has 31 heavy (non-hydrogen) atoms. The van der Waals surface area contributed by atoms with Crippen molar-refractivity contribution in [2.45, 2.75) is 19.3 Å². The minimum absolute atomic E-state index is 0.0963. The third-order valence-corrected chi connectivity index (χ3v) is 5.72. The van der Waals surface area contributed by atoms with Crippen molar-refractivity contribution < 1.29 is 5.11 Å². The van der Waals surface area contributed by atoms with Crippen LogP contribution in [0.4, 0.5) is 11.5 Å². The van der Waals surface area contributed by atoms with E-state index in [1.807, 2.05) is 85.0 Å². The van der Waals surface area contributed by atoms with Gasteiger partial charge in [-0.2, -0.15) is 0 Å². The molecule has 0 amide bonds. The smallest absolute Gasteiger partial charge is 0.180 e. The molecule has 0 saturated heterocycles. The summed E-state index contributed by atoms with van der Waals surface area (Å²) in [6, 6.07) is 14.2. The van der Waals surface area contributed by atoms with Crippen molar-refractivity contribution >= 4 is 28.2 Å². The Morgan fingerprint density at radius 2 is 1.87 bits per heavy atom. The van der Waals surface area contributed by atoms with Gasteiger partial charge in [0.25, 0.3) is 0 Å². The van der Waals surface area contributed by atoms with Crippen molar-refractivity contribution in [3.63, 3.8) is 0 Å². The standard InChI is InChI=1S/C24H24N6O/c1-24(2,14-31)17-5-7-18(8-6-17)27-22-23-25-10-11-30(23)13-20(28-22)16-4-9-19-21(12-16)29(3)15-26-19/h4-13,15,31H,14H2,1-3H3,(H,27,28). The molecule has 7 nitrogen and oxygen atoms in total. The van der Waals surface area contributed by atoms with Gasteiger partial charge in [-0.1, -0.05) is 32.0 Å². The topological polar surface area (TPSA) is 80.3 Å². The second-order valence-corrected chi connectivity index (χ2v) is 8.44. The van der Waals surface area contributed by atoms with Gasteiger partial charge in [-0.3, -0.25) is 0 Å². The van der Waals surface area contributed by atoms with Crippen LogP contribution in [0.25, 0.3) is 27.9 Å². The zero-order chi connectivity index (χ0) is 21.6. The average Bonchev–Trinajstić information content (AvgIpc) is 3.41. The maximum atomic E-state index is 9.61. The highest BCUT2D eigenvalue weighted by Crippen LogP contribution is 2.28. The normalized spacial score (nSPS) is 12.0. The molecule has 3 heterocycles. The molecule has 0 radical (unpaired) electrons. The molecule has 156 valence electrons. The predicted molar refractivity (Wildman–Crippen MR) is 123 cm³/mol. The number of aromatic nitrogens is 5. The number of fused-ring (bicyclic) bond motifs is 2. The highest BCUT2D eigenvalue weighted by atomic mass is 16.3. The molecule has 0 aliphatic rings. The number of aliphatic hydroxyl groups is 1. The molecule has 0 atom stereocenters. The number of anilines is 2. The van der Waals surface area contributed by atoms with E-state index in [-0.39, 0.29) is 12.0 Å². The summed E-state index contributed by atoms with van der Waals surface area (Å²) in [5, 5.41) is 13.0. The van der Waals surface area contributed by atoms with Crippen molar-refractivity contribution in [3.05, 3.63) is 72.9 Å². The quantitative estimate of drug-likeness (QED) is 0.450. The molecular formula is C24H24N6O. The Hall–Kier alpha value is -3.71. The first kappa shape index (κ1) is 19.3. The van der Waals surface area contributed by atoms with Gasteiger partial charge < -0.3 is 19.4 Å². The Balaban J connectivity index is 1.54. The maximum Gasteiger partial charge on any atom is 0.180 e. The van der Waals surface area contributed by atoms with Crippen molar-refractivity contribution in [2.75, 3.05) is 11.9 Å². The summed E-state index contributed by atoms with van der Waals surface area (Å²) in [6.45, 7) is 4.14. The Labute approximate surface area is 180 Å². The van der Waals surface area contributed by atoms with E-state index in [0.29, 0.717) is 5.82 Å². The summed E-state index contributed by atoms with van der Waals surface area (Å²) >= 11 is 0. The number of hydrogen-bond acceptors (Lipinski definition) is 5. The molecule has 5 rings (SSSR count). The number of nitrogens with one attached hydrogen (secondary N) is 1. The van der Waals surface area contributed by atoms with Crippen molar-refractivity contribution in [3.8, 4) is 11.3 Å². The third-order valence-electron chi connectivity index (χ3n) is 5.72. The van der Waals surface area contributed by atoms with E-state index in [2.05, 4.69) is 21.4 Å². The third kappa shape index (κ3) is 3.43. The molecule has 0 bridgehead atoms. The van der Waals surface area contributed by atoms with Crippen molar-refractivity contribution in [2.24, 2.45) is 7.05 Å². The molecular weight excluding hydrogens is 388 g/mol. The average molecular weight is 412 g/mol. The van der Waals surface area contributed by atoms with E-state index >= 15 is 0 Å². The number of hydrogen-bond donors (Lipinski definition) is 2. The summed E-state index contributed by atoms with van der Waals surface area (Å²) in [5.41, 5.74) is 6.33. The summed E-state index contributed by atoms with van der Waals surface area (Å²) < 4.78 is 3.98. The molecule has 0 aliphatic heterocycles. The van der Waals surface area contributed by atoms with E-state index in [4.69, 9.17) is 4.98 Å². The van der Waals surface area contributed by atoms with E-state index in [1.54, 1.807) is 6.20 Å². The van der Waals surface area contributed by atoms with Crippen LogP contribution < -0.4 is 5.32 Å². The van der Waals surface area contributed by atoms with Crippen LogP contribution in [0.1, 0.15) is 19.4 Å². The van der Waals surface area contributed by atoms with Gasteiger partial charge >= 0.3 is 0 Å². The van der Waals surface area contributed by atoms with Crippen molar-refractivity contribution in [1.29, 1.82) is 0 Å². The van der Waals surface area contributed by atoms with Crippen LogP contribution in [0.3, 0.4) is 0 Å². The maximum absolute atomic E-state index is 9.61. The molecule has 0 unspecified atom stereocenters. The van der Waals surface area contributed by atoms with Crippen LogP contribution in [-0.2, 0) is 12.5 Å². The second-order valence-electron chi connectivity index (χ2n) is 8.44. The lowest BCUT2D eigenvalue weighted by Crippen LogP contribution is -2.21. The van der Waals surface area contributed by atoms with Gasteiger partial charge in [0.05, 0.1) is 29.7 Å². The molecule has 5 aromatic rings. The number of aryl methyl sites for hydroxylation is 1. The first-order valence-corrected chi connectivity index (χ1v) is 10.2. The van der Waals surface area contributed by atoms with Gasteiger partial charge in [-0.25, -0.2) is 15.0 Å². The van der Waals surface area contributed by atoms with Gasteiger partial charge in [0.2, 0.25) is 0 Å². The highest BCUT2D eigenvalue weighted by Gasteiger charge is 2.19. The van der Waals surface area contributed by atoms with Crippen LogP contribution in [-0.4, -0.2) is 35.6 Å². The number of benzene rings is 2. The zero-order valence-electron chi connectivity index (χ0n) is 17.7. The predicted octanol–water partition coefficient (Wildman–Crippen LogP) is 4.30. The highest BCUT2D eigenvalue weighted by molar-refractivity contribution is 5.82. The summed E-state index contributed by atoms with van der Waals surface area (Å²) in [4.78, 5) is 13.7. The lowest BCUT2D eigenvalue weighted by Gasteiger charge is -2.22. The molecule has 0 aliphatic carbocycles.